The molecule has 0 unspecified atom stereocenters. The van der Waals surface area contributed by atoms with E-state index in [0.717, 1.165) is 11.3 Å². The third kappa shape index (κ3) is 1.95. The lowest BCUT2D eigenvalue weighted by atomic mass is 10.1. The van der Waals surface area contributed by atoms with Crippen molar-refractivity contribution in [3.05, 3.63) is 65.5 Å². The maximum Gasteiger partial charge on any atom is 0.132 e. The monoisotopic (exact) mass is 238 g/mol. The lowest BCUT2D eigenvalue weighted by Gasteiger charge is -2.04. The summed E-state index contributed by atoms with van der Waals surface area (Å²) < 4.78 is 13.8. The number of hydrogen-bond donors (Lipinski definition) is 0. The van der Waals surface area contributed by atoms with Gasteiger partial charge in [-0.25, -0.2) is 4.39 Å². The van der Waals surface area contributed by atoms with Crippen LogP contribution in [0.3, 0.4) is 0 Å². The molecule has 2 nitrogen and oxygen atoms in total. The molecule has 0 fully saturated rings. The molecule has 0 bridgehead atoms. The minimum absolute atomic E-state index is 0.258. The highest BCUT2D eigenvalue weighted by atomic mass is 19.1. The molecule has 3 rings (SSSR count). The first-order valence-electron chi connectivity index (χ1n) is 5.76. The van der Waals surface area contributed by atoms with E-state index in [-0.39, 0.29) is 5.82 Å². The highest BCUT2D eigenvalue weighted by Crippen LogP contribution is 2.21. The number of aliphatic imine (C=N–C) groups is 2. The molecule has 0 saturated heterocycles. The van der Waals surface area contributed by atoms with E-state index in [4.69, 9.17) is 0 Å². The molecular weight excluding hydrogens is 227 g/mol. The zero-order chi connectivity index (χ0) is 12.4. The van der Waals surface area contributed by atoms with Crippen LogP contribution in [-0.2, 0) is 0 Å². The quantitative estimate of drug-likeness (QED) is 0.727. The van der Waals surface area contributed by atoms with Crippen LogP contribution in [0.25, 0.3) is 0 Å². The average Bonchev–Trinajstić information content (AvgIpc) is 2.61. The smallest absolute Gasteiger partial charge is 0.132 e. The second-order valence-electron chi connectivity index (χ2n) is 4.07. The summed E-state index contributed by atoms with van der Waals surface area (Å²) in [5.74, 6) is -0.258. The standard InChI is InChI=1S/C15H11FN2/c16-13-7-3-2-6-12(13)15-10-17-9-11-5-1-4-8-14(11)18-15/h1-9H,10H2. The van der Waals surface area contributed by atoms with Gasteiger partial charge in [0.1, 0.15) is 5.82 Å². The van der Waals surface area contributed by atoms with Crippen LogP contribution in [0.5, 0.6) is 0 Å². The average molecular weight is 238 g/mol. The van der Waals surface area contributed by atoms with Crippen molar-refractivity contribution in [3.8, 4) is 0 Å². The van der Waals surface area contributed by atoms with Gasteiger partial charge in [0.25, 0.3) is 0 Å². The molecule has 18 heavy (non-hydrogen) atoms. The Morgan fingerprint density at radius 2 is 1.72 bits per heavy atom. The highest BCUT2D eigenvalue weighted by Gasteiger charge is 2.11. The van der Waals surface area contributed by atoms with Gasteiger partial charge in [-0.2, -0.15) is 0 Å². The van der Waals surface area contributed by atoms with Crippen LogP contribution in [-0.4, -0.2) is 18.5 Å². The van der Waals surface area contributed by atoms with Gasteiger partial charge in [0, 0.05) is 17.3 Å². The predicted octanol–water partition coefficient (Wildman–Crippen LogP) is 3.38. The topological polar surface area (TPSA) is 24.7 Å². The molecule has 0 aliphatic carbocycles. The number of rotatable bonds is 1. The van der Waals surface area contributed by atoms with Crippen molar-refractivity contribution in [2.75, 3.05) is 6.54 Å². The minimum atomic E-state index is -0.258. The van der Waals surface area contributed by atoms with Crippen molar-refractivity contribution in [2.45, 2.75) is 0 Å². The van der Waals surface area contributed by atoms with Crippen LogP contribution in [0.2, 0.25) is 0 Å². The van der Waals surface area contributed by atoms with E-state index in [0.29, 0.717) is 17.8 Å². The van der Waals surface area contributed by atoms with Gasteiger partial charge in [0.05, 0.1) is 17.9 Å². The fourth-order valence-electron chi connectivity index (χ4n) is 1.95. The number of benzene rings is 2. The van der Waals surface area contributed by atoms with E-state index in [1.165, 1.54) is 6.07 Å². The maximum absolute atomic E-state index is 13.8. The molecule has 0 aromatic heterocycles. The van der Waals surface area contributed by atoms with Gasteiger partial charge in [-0.15, -0.1) is 0 Å². The molecule has 1 heterocycles. The molecule has 2 aromatic rings. The molecular formula is C15H11FN2. The van der Waals surface area contributed by atoms with Crippen LogP contribution in [0.1, 0.15) is 11.1 Å². The Bertz CT molecular complexity index is 644. The van der Waals surface area contributed by atoms with Gasteiger partial charge in [0.15, 0.2) is 0 Å². The third-order valence-electron chi connectivity index (χ3n) is 2.85. The first-order chi connectivity index (χ1) is 8.84. The summed E-state index contributed by atoms with van der Waals surface area (Å²) in [5, 5.41) is 0. The molecule has 2 aromatic carbocycles. The van der Waals surface area contributed by atoms with Gasteiger partial charge < -0.3 is 0 Å². The summed E-state index contributed by atoms with van der Waals surface area (Å²) in [6.45, 7) is 0.398. The minimum Gasteiger partial charge on any atom is -0.286 e. The Kier molecular flexibility index (Phi) is 2.73. The Hall–Kier alpha value is -2.29. The van der Waals surface area contributed by atoms with E-state index >= 15 is 0 Å². The largest absolute Gasteiger partial charge is 0.286 e. The van der Waals surface area contributed by atoms with Crippen molar-refractivity contribution >= 4 is 17.6 Å². The van der Waals surface area contributed by atoms with Crippen molar-refractivity contribution in [1.29, 1.82) is 0 Å². The second kappa shape index (κ2) is 4.53. The van der Waals surface area contributed by atoms with Crippen molar-refractivity contribution < 1.29 is 4.39 Å². The second-order valence-corrected chi connectivity index (χ2v) is 4.07. The predicted molar refractivity (Wildman–Crippen MR) is 71.5 cm³/mol. The zero-order valence-electron chi connectivity index (χ0n) is 9.68. The fraction of sp³-hybridized carbons (Fsp3) is 0.0667. The molecule has 0 N–H and O–H groups in total. The summed E-state index contributed by atoms with van der Waals surface area (Å²) in [6.07, 6.45) is 1.78. The molecule has 1 aliphatic rings. The first-order valence-corrected chi connectivity index (χ1v) is 5.76. The molecule has 88 valence electrons. The lowest BCUT2D eigenvalue weighted by molar-refractivity contribution is 0.625. The first kappa shape index (κ1) is 10.8. The molecule has 0 saturated carbocycles. The van der Waals surface area contributed by atoms with Crippen molar-refractivity contribution in [3.63, 3.8) is 0 Å². The number of fused-ring (bicyclic) bond motifs is 1. The Balaban J connectivity index is 2.13. The number of nitrogens with zero attached hydrogens (tertiary/aromatic N) is 2. The Morgan fingerprint density at radius 3 is 2.61 bits per heavy atom. The molecule has 0 atom stereocenters. The van der Waals surface area contributed by atoms with Crippen LogP contribution in [0.15, 0.2) is 58.5 Å². The summed E-state index contributed by atoms with van der Waals surface area (Å²) in [6, 6.07) is 14.4. The molecule has 0 radical (unpaired) electrons. The van der Waals surface area contributed by atoms with E-state index < -0.39 is 0 Å². The van der Waals surface area contributed by atoms with Gasteiger partial charge in [-0.1, -0.05) is 36.4 Å². The number of para-hydroxylation sites is 1. The Labute approximate surface area is 105 Å². The van der Waals surface area contributed by atoms with Gasteiger partial charge in [-0.3, -0.25) is 9.98 Å². The summed E-state index contributed by atoms with van der Waals surface area (Å²) >= 11 is 0. The van der Waals surface area contributed by atoms with Crippen LogP contribution in [0, 0.1) is 5.82 Å². The van der Waals surface area contributed by atoms with Crippen molar-refractivity contribution in [1.82, 2.24) is 0 Å². The van der Waals surface area contributed by atoms with E-state index in [2.05, 4.69) is 9.98 Å². The maximum atomic E-state index is 13.8. The highest BCUT2D eigenvalue weighted by molar-refractivity contribution is 6.06. The van der Waals surface area contributed by atoms with Crippen LogP contribution in [0.4, 0.5) is 10.1 Å². The van der Waals surface area contributed by atoms with Crippen LogP contribution >= 0.6 is 0 Å². The summed E-state index contributed by atoms with van der Waals surface area (Å²) in [5.41, 5.74) is 2.97. The number of hydrogen-bond acceptors (Lipinski definition) is 2. The van der Waals surface area contributed by atoms with E-state index in [1.807, 2.05) is 24.3 Å². The lowest BCUT2D eigenvalue weighted by Crippen LogP contribution is -2.06. The van der Waals surface area contributed by atoms with Gasteiger partial charge in [-0.05, 0) is 12.1 Å². The Morgan fingerprint density at radius 1 is 0.944 bits per heavy atom. The molecule has 1 aliphatic heterocycles. The normalized spacial score (nSPS) is 13.7. The van der Waals surface area contributed by atoms with Gasteiger partial charge in [0.2, 0.25) is 0 Å². The van der Waals surface area contributed by atoms with E-state index in [9.17, 15) is 4.39 Å². The number of halogens is 1. The van der Waals surface area contributed by atoms with Gasteiger partial charge >= 0.3 is 0 Å². The van der Waals surface area contributed by atoms with E-state index in [1.54, 1.807) is 24.4 Å². The SMILES string of the molecule is Fc1ccccc1C1=Nc2ccccc2C=NC1. The summed E-state index contributed by atoms with van der Waals surface area (Å²) in [7, 11) is 0. The van der Waals surface area contributed by atoms with Crippen LogP contribution < -0.4 is 0 Å². The molecule has 0 amide bonds. The zero-order valence-corrected chi connectivity index (χ0v) is 9.68. The van der Waals surface area contributed by atoms with Crippen molar-refractivity contribution in [2.24, 2.45) is 9.98 Å². The third-order valence-corrected chi connectivity index (χ3v) is 2.85. The molecule has 3 heteroatoms. The summed E-state index contributed by atoms with van der Waals surface area (Å²) in [4.78, 5) is 8.81. The fourth-order valence-corrected chi connectivity index (χ4v) is 1.95. The molecule has 0 spiro atoms.